The molecule has 5 nitrogen and oxygen atoms in total. The first-order valence-corrected chi connectivity index (χ1v) is 4.81. The van der Waals surface area contributed by atoms with Crippen LogP contribution in [-0.4, -0.2) is 47.7 Å². The van der Waals surface area contributed by atoms with Crippen LogP contribution in [0, 0.1) is 5.92 Å². The maximum Gasteiger partial charge on any atom is 0.310 e. The molecule has 1 N–H and O–H groups in total. The normalized spacial score (nSPS) is 27.4. The van der Waals surface area contributed by atoms with Gasteiger partial charge in [-0.1, -0.05) is 0 Å². The lowest BCUT2D eigenvalue weighted by atomic mass is 9.99. The van der Waals surface area contributed by atoms with Gasteiger partial charge in [0.05, 0.1) is 5.92 Å². The number of hydrogen-bond donors (Lipinski definition) is 1. The Morgan fingerprint density at radius 1 is 1.36 bits per heavy atom. The van der Waals surface area contributed by atoms with E-state index in [9.17, 15) is 9.59 Å². The van der Waals surface area contributed by atoms with Gasteiger partial charge in [0.1, 0.15) is 6.10 Å². The number of amides is 1. The molecule has 2 fully saturated rings. The second-order valence-corrected chi connectivity index (χ2v) is 3.78. The molecule has 2 heterocycles. The quantitative estimate of drug-likeness (QED) is 0.663. The van der Waals surface area contributed by atoms with Crippen molar-refractivity contribution in [3.63, 3.8) is 0 Å². The number of rotatable bonds is 2. The molecule has 0 aliphatic carbocycles. The van der Waals surface area contributed by atoms with Crippen LogP contribution in [-0.2, 0) is 14.3 Å². The zero-order valence-electron chi connectivity index (χ0n) is 7.81. The monoisotopic (exact) mass is 199 g/mol. The zero-order chi connectivity index (χ0) is 10.1. The van der Waals surface area contributed by atoms with Crippen molar-refractivity contribution in [1.82, 2.24) is 4.90 Å². The summed E-state index contributed by atoms with van der Waals surface area (Å²) in [5.74, 6) is -1.23. The van der Waals surface area contributed by atoms with Crippen molar-refractivity contribution in [3.8, 4) is 0 Å². The summed E-state index contributed by atoms with van der Waals surface area (Å²) in [7, 11) is 0. The average Bonchev–Trinajstić information content (AvgIpc) is 2.51. The smallest absolute Gasteiger partial charge is 0.310 e. The zero-order valence-corrected chi connectivity index (χ0v) is 7.81. The van der Waals surface area contributed by atoms with Gasteiger partial charge in [0.25, 0.3) is 5.91 Å². The van der Waals surface area contributed by atoms with Crippen molar-refractivity contribution in [2.24, 2.45) is 5.92 Å². The molecule has 1 unspecified atom stereocenters. The van der Waals surface area contributed by atoms with Crippen LogP contribution in [0.5, 0.6) is 0 Å². The molecular weight excluding hydrogens is 186 g/mol. The van der Waals surface area contributed by atoms with Gasteiger partial charge in [-0.2, -0.15) is 0 Å². The first kappa shape index (κ1) is 9.45. The third-order valence-electron chi connectivity index (χ3n) is 2.75. The minimum atomic E-state index is -0.818. The van der Waals surface area contributed by atoms with Gasteiger partial charge in [0.15, 0.2) is 0 Å². The van der Waals surface area contributed by atoms with E-state index in [1.807, 2.05) is 0 Å². The lowest BCUT2D eigenvalue weighted by Crippen LogP contribution is -2.55. The lowest BCUT2D eigenvalue weighted by molar-refractivity contribution is -0.157. The third-order valence-corrected chi connectivity index (χ3v) is 2.75. The van der Waals surface area contributed by atoms with Crippen molar-refractivity contribution in [3.05, 3.63) is 0 Å². The highest BCUT2D eigenvalue weighted by Crippen LogP contribution is 2.21. The number of likely N-dealkylation sites (tertiary alicyclic amines) is 1. The topological polar surface area (TPSA) is 66.8 Å². The third kappa shape index (κ3) is 1.59. The Hall–Kier alpha value is -1.10. The molecule has 0 radical (unpaired) electrons. The summed E-state index contributed by atoms with van der Waals surface area (Å²) < 4.78 is 5.23. The molecule has 0 saturated carbocycles. The predicted octanol–water partition coefficient (Wildman–Crippen LogP) is -0.292. The first-order valence-electron chi connectivity index (χ1n) is 4.81. The maximum absolute atomic E-state index is 11.6. The average molecular weight is 199 g/mol. The van der Waals surface area contributed by atoms with E-state index in [1.165, 1.54) is 0 Å². The van der Waals surface area contributed by atoms with Crippen LogP contribution < -0.4 is 0 Å². The molecule has 2 saturated heterocycles. The largest absolute Gasteiger partial charge is 0.481 e. The van der Waals surface area contributed by atoms with Crippen LogP contribution in [0.25, 0.3) is 0 Å². The van der Waals surface area contributed by atoms with Gasteiger partial charge in [-0.3, -0.25) is 9.59 Å². The number of aliphatic carboxylic acids is 1. The Balaban J connectivity index is 1.81. The van der Waals surface area contributed by atoms with E-state index in [-0.39, 0.29) is 17.9 Å². The molecule has 0 bridgehead atoms. The highest BCUT2D eigenvalue weighted by atomic mass is 16.5. The summed E-state index contributed by atoms with van der Waals surface area (Å²) in [4.78, 5) is 23.7. The second kappa shape index (κ2) is 3.57. The Kier molecular flexibility index (Phi) is 2.41. The molecule has 2 rings (SSSR count). The van der Waals surface area contributed by atoms with Crippen molar-refractivity contribution in [1.29, 1.82) is 0 Å². The molecule has 1 amide bonds. The van der Waals surface area contributed by atoms with Gasteiger partial charge in [0.2, 0.25) is 0 Å². The Bertz CT molecular complexity index is 254. The van der Waals surface area contributed by atoms with E-state index in [1.54, 1.807) is 4.90 Å². The lowest BCUT2D eigenvalue weighted by Gasteiger charge is -2.37. The number of nitrogens with zero attached hydrogens (tertiary/aromatic N) is 1. The van der Waals surface area contributed by atoms with Gasteiger partial charge < -0.3 is 14.7 Å². The van der Waals surface area contributed by atoms with E-state index in [2.05, 4.69) is 0 Å². The molecule has 0 aromatic carbocycles. The Labute approximate surface area is 81.6 Å². The van der Waals surface area contributed by atoms with E-state index in [0.29, 0.717) is 19.7 Å². The first-order chi connectivity index (χ1) is 6.68. The van der Waals surface area contributed by atoms with Gasteiger partial charge in [-0.05, 0) is 12.8 Å². The fraction of sp³-hybridized carbons (Fsp3) is 0.778. The summed E-state index contributed by atoms with van der Waals surface area (Å²) in [6.45, 7) is 1.33. The molecule has 0 spiro atoms. The number of carbonyl (C=O) groups excluding carboxylic acids is 1. The van der Waals surface area contributed by atoms with E-state index in [4.69, 9.17) is 9.84 Å². The van der Waals surface area contributed by atoms with Crippen LogP contribution in [0.1, 0.15) is 12.8 Å². The fourth-order valence-corrected chi connectivity index (χ4v) is 1.79. The van der Waals surface area contributed by atoms with Crippen LogP contribution in [0.3, 0.4) is 0 Å². The maximum atomic E-state index is 11.6. The Morgan fingerprint density at radius 2 is 2.07 bits per heavy atom. The van der Waals surface area contributed by atoms with Crippen LogP contribution in [0.2, 0.25) is 0 Å². The molecule has 1 atom stereocenters. The summed E-state index contributed by atoms with van der Waals surface area (Å²) in [5.41, 5.74) is 0. The number of carbonyl (C=O) groups is 2. The Morgan fingerprint density at radius 3 is 2.57 bits per heavy atom. The van der Waals surface area contributed by atoms with Gasteiger partial charge >= 0.3 is 5.97 Å². The van der Waals surface area contributed by atoms with E-state index >= 15 is 0 Å². The van der Waals surface area contributed by atoms with Crippen LogP contribution in [0.15, 0.2) is 0 Å². The van der Waals surface area contributed by atoms with Crippen molar-refractivity contribution in [2.75, 3.05) is 19.7 Å². The highest BCUT2D eigenvalue weighted by Gasteiger charge is 2.39. The van der Waals surface area contributed by atoms with Crippen molar-refractivity contribution >= 4 is 11.9 Å². The molecular formula is C9H13NO4. The van der Waals surface area contributed by atoms with Crippen molar-refractivity contribution < 1.29 is 19.4 Å². The van der Waals surface area contributed by atoms with Gasteiger partial charge in [-0.25, -0.2) is 0 Å². The number of hydrogen-bond acceptors (Lipinski definition) is 3. The molecule has 0 aromatic rings. The molecule has 78 valence electrons. The molecule has 2 aliphatic rings. The molecule has 2 aliphatic heterocycles. The number of ether oxygens (including phenoxy) is 1. The minimum absolute atomic E-state index is 0.0417. The summed E-state index contributed by atoms with van der Waals surface area (Å²) >= 11 is 0. The fourth-order valence-electron chi connectivity index (χ4n) is 1.79. The molecule has 14 heavy (non-hydrogen) atoms. The van der Waals surface area contributed by atoms with Crippen LogP contribution >= 0.6 is 0 Å². The number of carboxylic acid groups (broad SMARTS) is 1. The van der Waals surface area contributed by atoms with Crippen molar-refractivity contribution in [2.45, 2.75) is 18.9 Å². The molecule has 0 aromatic heterocycles. The summed E-state index contributed by atoms with van der Waals surface area (Å²) in [6, 6.07) is 0. The summed E-state index contributed by atoms with van der Waals surface area (Å²) in [6.07, 6.45) is 1.38. The van der Waals surface area contributed by atoms with E-state index in [0.717, 1.165) is 12.8 Å². The van der Waals surface area contributed by atoms with E-state index < -0.39 is 5.97 Å². The minimum Gasteiger partial charge on any atom is -0.481 e. The van der Waals surface area contributed by atoms with Gasteiger partial charge in [-0.15, -0.1) is 0 Å². The predicted molar refractivity (Wildman–Crippen MR) is 46.7 cm³/mol. The number of carboxylic acids is 1. The molecule has 5 heteroatoms. The second-order valence-electron chi connectivity index (χ2n) is 3.78. The van der Waals surface area contributed by atoms with Crippen LogP contribution in [0.4, 0.5) is 0 Å². The highest BCUT2D eigenvalue weighted by molar-refractivity contribution is 5.84. The SMILES string of the molecule is O=C(O)C1CN(C(=O)C2CCCO2)C1. The standard InChI is InChI=1S/C9H13NO4/c11-8(7-2-1-3-14-7)10-4-6(5-10)9(12)13/h6-7H,1-5H2,(H,12,13). The summed E-state index contributed by atoms with van der Waals surface area (Å²) in [5, 5.41) is 8.63. The van der Waals surface area contributed by atoms with Gasteiger partial charge in [0, 0.05) is 19.7 Å².